The van der Waals surface area contributed by atoms with Gasteiger partial charge in [0, 0.05) is 6.42 Å². The van der Waals surface area contributed by atoms with Crippen molar-refractivity contribution in [2.75, 3.05) is 7.05 Å². The van der Waals surface area contributed by atoms with Crippen molar-refractivity contribution in [3.05, 3.63) is 35.9 Å². The van der Waals surface area contributed by atoms with E-state index >= 15 is 0 Å². The zero-order valence-electron chi connectivity index (χ0n) is 9.85. The second-order valence-electron chi connectivity index (χ2n) is 3.89. The van der Waals surface area contributed by atoms with Gasteiger partial charge in [-0.2, -0.15) is 0 Å². The van der Waals surface area contributed by atoms with Gasteiger partial charge in [-0.05, 0) is 19.0 Å². The maximum absolute atomic E-state index is 11.8. The molecule has 1 aromatic carbocycles. The first-order valence-electron chi connectivity index (χ1n) is 5.59. The van der Waals surface area contributed by atoms with E-state index in [-0.39, 0.29) is 24.7 Å². The van der Waals surface area contributed by atoms with Gasteiger partial charge >= 0.3 is 5.97 Å². The summed E-state index contributed by atoms with van der Waals surface area (Å²) in [4.78, 5) is 22.2. The molecule has 4 nitrogen and oxygen atoms in total. The molecule has 0 fully saturated rings. The summed E-state index contributed by atoms with van der Waals surface area (Å²) >= 11 is 0. The first-order chi connectivity index (χ1) is 8.13. The molecule has 0 aliphatic rings. The van der Waals surface area contributed by atoms with Crippen LogP contribution in [0.4, 0.5) is 0 Å². The molecule has 2 N–H and O–H groups in total. The molecule has 1 atom stereocenters. The zero-order valence-corrected chi connectivity index (χ0v) is 9.85. The minimum atomic E-state index is -0.937. The predicted octanol–water partition coefficient (Wildman–Crippen LogP) is 1.25. The molecule has 0 bridgehead atoms. The smallest absolute Gasteiger partial charge is 0.303 e. The van der Waals surface area contributed by atoms with E-state index in [4.69, 9.17) is 5.11 Å². The number of rotatable bonds is 7. The topological polar surface area (TPSA) is 66.4 Å². The molecule has 0 unspecified atom stereocenters. The largest absolute Gasteiger partial charge is 0.481 e. The highest BCUT2D eigenvalue weighted by molar-refractivity contribution is 5.87. The molecule has 0 aliphatic heterocycles. The number of nitrogens with one attached hydrogen (secondary N) is 1. The highest BCUT2D eigenvalue weighted by Gasteiger charge is 2.17. The zero-order chi connectivity index (χ0) is 12.7. The molecule has 0 heterocycles. The van der Waals surface area contributed by atoms with E-state index in [1.165, 1.54) is 0 Å². The van der Waals surface area contributed by atoms with Crippen LogP contribution in [0.25, 0.3) is 0 Å². The van der Waals surface area contributed by atoms with Crippen LogP contribution in [0.5, 0.6) is 0 Å². The van der Waals surface area contributed by atoms with Crippen molar-refractivity contribution < 1.29 is 14.7 Å². The molecular weight excluding hydrogens is 218 g/mol. The fraction of sp³-hybridized carbons (Fsp3) is 0.385. The second-order valence-corrected chi connectivity index (χ2v) is 3.89. The van der Waals surface area contributed by atoms with E-state index in [0.29, 0.717) is 6.42 Å². The number of hydrogen-bond donors (Lipinski definition) is 2. The third kappa shape index (κ3) is 4.78. The summed E-state index contributed by atoms with van der Waals surface area (Å²) in [7, 11) is 1.71. The average molecular weight is 235 g/mol. The Balaban J connectivity index is 2.53. The van der Waals surface area contributed by atoms with Crippen molar-refractivity contribution >= 4 is 11.8 Å². The van der Waals surface area contributed by atoms with E-state index in [0.717, 1.165) is 5.56 Å². The second kappa shape index (κ2) is 6.81. The summed E-state index contributed by atoms with van der Waals surface area (Å²) in [5.74, 6) is -0.994. The molecule has 92 valence electrons. The molecule has 1 aromatic rings. The summed E-state index contributed by atoms with van der Waals surface area (Å²) in [6, 6.07) is 9.36. The molecule has 0 amide bonds. The fourth-order valence-electron chi connectivity index (χ4n) is 1.63. The van der Waals surface area contributed by atoms with Crippen LogP contribution in [0.1, 0.15) is 18.4 Å². The Bertz CT molecular complexity index is 376. The van der Waals surface area contributed by atoms with Crippen molar-refractivity contribution in [3.63, 3.8) is 0 Å². The number of Topliss-reactive ketones (excluding diaryl/α,β-unsaturated/α-hetero) is 1. The lowest BCUT2D eigenvalue weighted by Gasteiger charge is -2.14. The molecule has 0 saturated carbocycles. The number of aliphatic carboxylic acids is 1. The normalized spacial score (nSPS) is 12.1. The monoisotopic (exact) mass is 235 g/mol. The maximum Gasteiger partial charge on any atom is 0.303 e. The van der Waals surface area contributed by atoms with Crippen LogP contribution >= 0.6 is 0 Å². The number of carboxylic acids is 1. The van der Waals surface area contributed by atoms with E-state index in [2.05, 4.69) is 5.32 Å². The summed E-state index contributed by atoms with van der Waals surface area (Å²) in [6.45, 7) is 0. The SMILES string of the molecule is CN[C@@H](Cc1ccccc1)C(=O)CCC(=O)O. The van der Waals surface area contributed by atoms with Crippen molar-refractivity contribution in [1.82, 2.24) is 5.32 Å². The Hall–Kier alpha value is -1.68. The van der Waals surface area contributed by atoms with Crippen molar-refractivity contribution in [1.29, 1.82) is 0 Å². The van der Waals surface area contributed by atoms with Crippen LogP contribution in [0.3, 0.4) is 0 Å². The number of likely N-dealkylation sites (N-methyl/N-ethyl adjacent to an activating group) is 1. The van der Waals surface area contributed by atoms with Gasteiger partial charge in [0.05, 0.1) is 12.5 Å². The third-order valence-corrected chi connectivity index (χ3v) is 2.61. The maximum atomic E-state index is 11.8. The average Bonchev–Trinajstić information content (AvgIpc) is 2.34. The molecule has 0 spiro atoms. The van der Waals surface area contributed by atoms with E-state index in [9.17, 15) is 9.59 Å². The van der Waals surface area contributed by atoms with Gasteiger partial charge in [-0.3, -0.25) is 9.59 Å². The number of carboxylic acid groups (broad SMARTS) is 1. The third-order valence-electron chi connectivity index (χ3n) is 2.61. The number of carbonyl (C=O) groups excluding carboxylic acids is 1. The minimum Gasteiger partial charge on any atom is -0.481 e. The summed E-state index contributed by atoms with van der Waals surface area (Å²) in [5.41, 5.74) is 1.07. The molecule has 4 heteroatoms. The molecule has 1 rings (SSSR count). The van der Waals surface area contributed by atoms with Crippen molar-refractivity contribution in [3.8, 4) is 0 Å². The highest BCUT2D eigenvalue weighted by Crippen LogP contribution is 2.06. The molecule has 17 heavy (non-hydrogen) atoms. The molecule has 0 saturated heterocycles. The summed E-state index contributed by atoms with van der Waals surface area (Å²) in [6.07, 6.45) is 0.565. The van der Waals surface area contributed by atoms with Crippen LogP contribution < -0.4 is 5.32 Å². The fourth-order valence-corrected chi connectivity index (χ4v) is 1.63. The molecular formula is C13H17NO3. The predicted molar refractivity (Wildman–Crippen MR) is 64.9 cm³/mol. The lowest BCUT2D eigenvalue weighted by atomic mass is 10.00. The van der Waals surface area contributed by atoms with Gasteiger partial charge in [-0.1, -0.05) is 30.3 Å². The quantitative estimate of drug-likeness (QED) is 0.746. The van der Waals surface area contributed by atoms with Crippen LogP contribution in [-0.4, -0.2) is 29.9 Å². The van der Waals surface area contributed by atoms with E-state index < -0.39 is 5.97 Å². The highest BCUT2D eigenvalue weighted by atomic mass is 16.4. The van der Waals surface area contributed by atoms with Gasteiger partial charge in [0.2, 0.25) is 0 Å². The van der Waals surface area contributed by atoms with Crippen molar-refractivity contribution in [2.45, 2.75) is 25.3 Å². The van der Waals surface area contributed by atoms with E-state index in [1.807, 2.05) is 30.3 Å². The number of hydrogen-bond acceptors (Lipinski definition) is 3. The van der Waals surface area contributed by atoms with Crippen LogP contribution in [-0.2, 0) is 16.0 Å². The number of benzene rings is 1. The summed E-state index contributed by atoms with van der Waals surface area (Å²) < 4.78 is 0. The van der Waals surface area contributed by atoms with Gasteiger partial charge in [-0.15, -0.1) is 0 Å². The van der Waals surface area contributed by atoms with Crippen LogP contribution in [0.15, 0.2) is 30.3 Å². The first kappa shape index (κ1) is 13.4. The Morgan fingerprint density at radius 1 is 1.24 bits per heavy atom. The van der Waals surface area contributed by atoms with Gasteiger partial charge in [0.25, 0.3) is 0 Å². The molecule has 0 radical (unpaired) electrons. The Kier molecular flexibility index (Phi) is 5.36. The lowest BCUT2D eigenvalue weighted by Crippen LogP contribution is -2.36. The Morgan fingerprint density at radius 2 is 1.88 bits per heavy atom. The Morgan fingerprint density at radius 3 is 2.41 bits per heavy atom. The minimum absolute atomic E-state index is 0.0567. The molecule has 0 aliphatic carbocycles. The summed E-state index contributed by atoms with van der Waals surface area (Å²) in [5, 5.41) is 11.5. The number of carbonyl (C=O) groups is 2. The van der Waals surface area contributed by atoms with Gasteiger partial charge < -0.3 is 10.4 Å². The Labute approximate surface area is 101 Å². The standard InChI is InChI=1S/C13H17NO3/c1-14-11(12(15)7-8-13(16)17)9-10-5-3-2-4-6-10/h2-6,11,14H,7-9H2,1H3,(H,16,17)/t11-/m0/s1. The lowest BCUT2D eigenvalue weighted by molar-refractivity contribution is -0.138. The van der Waals surface area contributed by atoms with Gasteiger partial charge in [-0.25, -0.2) is 0 Å². The van der Waals surface area contributed by atoms with Gasteiger partial charge in [0.1, 0.15) is 0 Å². The van der Waals surface area contributed by atoms with Crippen LogP contribution in [0.2, 0.25) is 0 Å². The van der Waals surface area contributed by atoms with Crippen LogP contribution in [0, 0.1) is 0 Å². The number of ketones is 1. The van der Waals surface area contributed by atoms with Gasteiger partial charge in [0.15, 0.2) is 5.78 Å². The van der Waals surface area contributed by atoms with E-state index in [1.54, 1.807) is 7.05 Å². The van der Waals surface area contributed by atoms with Crippen molar-refractivity contribution in [2.24, 2.45) is 0 Å². The molecule has 0 aromatic heterocycles. The first-order valence-corrected chi connectivity index (χ1v) is 5.59.